The Morgan fingerprint density at radius 2 is 2.22 bits per heavy atom. The summed E-state index contributed by atoms with van der Waals surface area (Å²) >= 11 is 5.20. The second kappa shape index (κ2) is 6.45. The fraction of sp³-hybridized carbons (Fsp3) is 0.286. The van der Waals surface area contributed by atoms with Crippen LogP contribution < -0.4 is 5.32 Å². The van der Waals surface area contributed by atoms with E-state index in [4.69, 9.17) is 0 Å². The van der Waals surface area contributed by atoms with Gasteiger partial charge in [-0.15, -0.1) is 0 Å². The molecule has 4 heteroatoms. The van der Waals surface area contributed by atoms with Crippen molar-refractivity contribution in [3.63, 3.8) is 0 Å². The number of hydrogen-bond donors (Lipinski definition) is 1. The molecule has 0 spiro atoms. The Balaban J connectivity index is 2.33. The van der Waals surface area contributed by atoms with Gasteiger partial charge in [-0.1, -0.05) is 19.1 Å². The van der Waals surface area contributed by atoms with Crippen molar-refractivity contribution in [2.24, 2.45) is 0 Å². The average molecular weight is 328 g/mol. The van der Waals surface area contributed by atoms with Gasteiger partial charge < -0.3 is 5.32 Å². The van der Waals surface area contributed by atoms with Crippen molar-refractivity contribution in [2.75, 3.05) is 6.54 Å². The molecular weight excluding hydrogens is 313 g/mol. The van der Waals surface area contributed by atoms with Crippen LogP contribution in [0.15, 0.2) is 39.5 Å². The molecule has 1 aromatic heterocycles. The molecule has 0 bridgehead atoms. The van der Waals surface area contributed by atoms with E-state index in [9.17, 15) is 4.39 Å². The van der Waals surface area contributed by atoms with Crippen LogP contribution in [-0.2, 0) is 0 Å². The summed E-state index contributed by atoms with van der Waals surface area (Å²) in [5.74, 6) is -0.192. The number of benzene rings is 1. The first-order valence-electron chi connectivity index (χ1n) is 5.92. The zero-order valence-corrected chi connectivity index (χ0v) is 12.5. The van der Waals surface area contributed by atoms with Gasteiger partial charge in [-0.2, -0.15) is 11.3 Å². The van der Waals surface area contributed by atoms with Gasteiger partial charge in [0.15, 0.2) is 0 Å². The summed E-state index contributed by atoms with van der Waals surface area (Å²) in [6.45, 7) is 3.03. The lowest BCUT2D eigenvalue weighted by Crippen LogP contribution is -2.23. The van der Waals surface area contributed by atoms with E-state index in [-0.39, 0.29) is 11.9 Å². The van der Waals surface area contributed by atoms with Crippen molar-refractivity contribution >= 4 is 27.3 Å². The molecule has 0 radical (unpaired) electrons. The molecule has 0 saturated carbocycles. The third-order valence-electron chi connectivity index (χ3n) is 2.73. The maximum Gasteiger partial charge on any atom is 0.123 e. The highest BCUT2D eigenvalue weighted by atomic mass is 79.9. The molecule has 18 heavy (non-hydrogen) atoms. The Bertz CT molecular complexity index is 512. The van der Waals surface area contributed by atoms with E-state index in [1.807, 2.05) is 6.07 Å². The third-order valence-corrected chi connectivity index (χ3v) is 4.49. The molecule has 96 valence electrons. The van der Waals surface area contributed by atoms with Crippen LogP contribution in [0.4, 0.5) is 4.39 Å². The molecule has 0 aliphatic heterocycles. The van der Waals surface area contributed by atoms with Gasteiger partial charge in [0.2, 0.25) is 0 Å². The Labute approximate surface area is 119 Å². The van der Waals surface area contributed by atoms with E-state index < -0.39 is 0 Å². The highest BCUT2D eigenvalue weighted by molar-refractivity contribution is 9.10. The maximum atomic E-state index is 13.4. The molecule has 0 fully saturated rings. The van der Waals surface area contributed by atoms with Gasteiger partial charge in [0, 0.05) is 9.85 Å². The Morgan fingerprint density at radius 1 is 1.39 bits per heavy atom. The number of rotatable bonds is 5. The summed E-state index contributed by atoms with van der Waals surface area (Å²) in [7, 11) is 0. The Kier molecular flexibility index (Phi) is 4.92. The molecule has 2 aromatic rings. The predicted molar refractivity (Wildman–Crippen MR) is 78.6 cm³/mol. The summed E-state index contributed by atoms with van der Waals surface area (Å²) in [4.78, 5) is 0. The zero-order chi connectivity index (χ0) is 13.0. The number of thiophene rings is 1. The smallest absolute Gasteiger partial charge is 0.123 e. The van der Waals surface area contributed by atoms with Crippen LogP contribution in [0.5, 0.6) is 0 Å². The van der Waals surface area contributed by atoms with Crippen LogP contribution in [0.2, 0.25) is 0 Å². The number of nitrogens with one attached hydrogen (secondary N) is 1. The lowest BCUT2D eigenvalue weighted by Gasteiger charge is -2.19. The first-order chi connectivity index (χ1) is 8.72. The van der Waals surface area contributed by atoms with E-state index in [1.165, 1.54) is 11.6 Å². The van der Waals surface area contributed by atoms with E-state index >= 15 is 0 Å². The minimum atomic E-state index is -0.192. The van der Waals surface area contributed by atoms with Gasteiger partial charge in [0.1, 0.15) is 5.82 Å². The highest BCUT2D eigenvalue weighted by Gasteiger charge is 2.17. The largest absolute Gasteiger partial charge is 0.306 e. The van der Waals surface area contributed by atoms with Crippen molar-refractivity contribution in [1.82, 2.24) is 5.32 Å². The van der Waals surface area contributed by atoms with Crippen LogP contribution in [0, 0.1) is 5.82 Å². The Morgan fingerprint density at radius 3 is 2.83 bits per heavy atom. The van der Waals surface area contributed by atoms with Crippen LogP contribution in [0.1, 0.15) is 30.5 Å². The fourth-order valence-corrected chi connectivity index (χ4v) is 3.43. The summed E-state index contributed by atoms with van der Waals surface area (Å²) in [5, 5.41) is 7.62. The first kappa shape index (κ1) is 13.7. The van der Waals surface area contributed by atoms with Gasteiger partial charge in [-0.3, -0.25) is 0 Å². The summed E-state index contributed by atoms with van der Waals surface area (Å²) in [6, 6.07) is 6.83. The third kappa shape index (κ3) is 3.19. The molecule has 1 heterocycles. The summed E-state index contributed by atoms with van der Waals surface area (Å²) in [5.41, 5.74) is 2.13. The van der Waals surface area contributed by atoms with Gasteiger partial charge in [0.05, 0.1) is 6.04 Å². The van der Waals surface area contributed by atoms with Crippen molar-refractivity contribution in [2.45, 2.75) is 19.4 Å². The maximum absolute atomic E-state index is 13.4. The summed E-state index contributed by atoms with van der Waals surface area (Å²) < 4.78 is 14.4. The van der Waals surface area contributed by atoms with Crippen molar-refractivity contribution in [3.05, 3.63) is 56.4 Å². The normalized spacial score (nSPS) is 12.6. The van der Waals surface area contributed by atoms with Gasteiger partial charge >= 0.3 is 0 Å². The van der Waals surface area contributed by atoms with Crippen LogP contribution in [0.25, 0.3) is 0 Å². The average Bonchev–Trinajstić information content (AvgIpc) is 2.77. The van der Waals surface area contributed by atoms with Crippen molar-refractivity contribution in [3.8, 4) is 0 Å². The van der Waals surface area contributed by atoms with Crippen LogP contribution >= 0.6 is 27.3 Å². The Hall–Kier alpha value is -0.710. The summed E-state index contributed by atoms with van der Waals surface area (Å²) in [6.07, 6.45) is 1.05. The standard InChI is InChI=1S/C14H15BrFNS/c1-2-6-17-14(12-8-18-9-13(12)15)10-4-3-5-11(16)7-10/h3-5,7-9,14,17H,2,6H2,1H3. The second-order valence-corrected chi connectivity index (χ2v) is 5.72. The van der Waals surface area contributed by atoms with Gasteiger partial charge in [-0.05, 0) is 57.5 Å². The first-order valence-corrected chi connectivity index (χ1v) is 7.66. The molecular formula is C14H15BrFNS. The van der Waals surface area contributed by atoms with Crippen LogP contribution in [-0.4, -0.2) is 6.54 Å². The fourth-order valence-electron chi connectivity index (χ4n) is 1.88. The minimum absolute atomic E-state index is 0.0428. The van der Waals surface area contributed by atoms with Crippen LogP contribution in [0.3, 0.4) is 0 Å². The lowest BCUT2D eigenvalue weighted by molar-refractivity contribution is 0.585. The molecule has 0 aliphatic rings. The molecule has 2 rings (SSSR count). The van der Waals surface area contributed by atoms with E-state index in [0.29, 0.717) is 0 Å². The molecule has 1 atom stereocenters. The molecule has 0 amide bonds. The lowest BCUT2D eigenvalue weighted by atomic mass is 10.0. The SMILES string of the molecule is CCCNC(c1cccc(F)c1)c1cscc1Br. The quantitative estimate of drug-likeness (QED) is 0.836. The molecule has 1 aromatic carbocycles. The van der Waals surface area contributed by atoms with Gasteiger partial charge in [0.25, 0.3) is 0 Å². The number of hydrogen-bond acceptors (Lipinski definition) is 2. The van der Waals surface area contributed by atoms with Crippen molar-refractivity contribution < 1.29 is 4.39 Å². The second-order valence-electron chi connectivity index (χ2n) is 4.12. The topological polar surface area (TPSA) is 12.0 Å². The van der Waals surface area contributed by atoms with Gasteiger partial charge in [-0.25, -0.2) is 4.39 Å². The minimum Gasteiger partial charge on any atom is -0.306 e. The van der Waals surface area contributed by atoms with E-state index in [1.54, 1.807) is 23.5 Å². The molecule has 1 nitrogen and oxygen atoms in total. The molecule has 0 aliphatic carbocycles. The zero-order valence-electron chi connectivity index (χ0n) is 10.1. The molecule has 0 saturated heterocycles. The number of halogens is 2. The molecule has 1 N–H and O–H groups in total. The van der Waals surface area contributed by atoms with Crippen molar-refractivity contribution in [1.29, 1.82) is 0 Å². The highest BCUT2D eigenvalue weighted by Crippen LogP contribution is 2.31. The predicted octanol–water partition coefficient (Wildman–Crippen LogP) is 4.74. The monoisotopic (exact) mass is 327 g/mol. The molecule has 1 unspecified atom stereocenters. The van der Waals surface area contributed by atoms with E-state index in [2.05, 4.69) is 38.9 Å². The van der Waals surface area contributed by atoms with E-state index in [0.717, 1.165) is 23.0 Å².